The SMILES string of the molecule is S=c1[nH]n(-c2ccn[nH]2)nc1-c1ccccc1. The Labute approximate surface area is 102 Å². The quantitative estimate of drug-likeness (QED) is 0.679. The van der Waals surface area contributed by atoms with E-state index in [1.807, 2.05) is 36.4 Å². The molecule has 0 amide bonds. The number of H-pyrrole nitrogens is 2. The van der Waals surface area contributed by atoms with E-state index in [0.29, 0.717) is 4.64 Å². The van der Waals surface area contributed by atoms with E-state index in [2.05, 4.69) is 20.4 Å². The van der Waals surface area contributed by atoms with E-state index in [-0.39, 0.29) is 0 Å². The number of nitrogens with zero attached hydrogens (tertiary/aromatic N) is 3. The van der Waals surface area contributed by atoms with E-state index in [1.54, 1.807) is 11.0 Å². The van der Waals surface area contributed by atoms with Gasteiger partial charge in [-0.1, -0.05) is 42.5 Å². The Morgan fingerprint density at radius 3 is 2.65 bits per heavy atom. The van der Waals surface area contributed by atoms with Gasteiger partial charge in [0.05, 0.1) is 6.20 Å². The van der Waals surface area contributed by atoms with Crippen molar-refractivity contribution < 1.29 is 0 Å². The maximum Gasteiger partial charge on any atom is 0.168 e. The van der Waals surface area contributed by atoms with Gasteiger partial charge in [0.25, 0.3) is 0 Å². The molecule has 0 saturated heterocycles. The van der Waals surface area contributed by atoms with Gasteiger partial charge in [-0.15, -0.1) is 5.10 Å². The number of rotatable bonds is 2. The minimum absolute atomic E-state index is 0.603. The van der Waals surface area contributed by atoms with Crippen molar-refractivity contribution in [2.24, 2.45) is 0 Å². The maximum atomic E-state index is 5.26. The summed E-state index contributed by atoms with van der Waals surface area (Å²) in [5, 5.41) is 14.1. The van der Waals surface area contributed by atoms with Crippen LogP contribution in [-0.4, -0.2) is 25.2 Å². The van der Waals surface area contributed by atoms with Gasteiger partial charge in [-0.25, -0.2) is 0 Å². The molecule has 0 atom stereocenters. The second-order valence-electron chi connectivity index (χ2n) is 3.51. The van der Waals surface area contributed by atoms with Crippen LogP contribution in [0.4, 0.5) is 0 Å². The molecule has 0 radical (unpaired) electrons. The van der Waals surface area contributed by atoms with Crippen LogP contribution in [-0.2, 0) is 0 Å². The van der Waals surface area contributed by atoms with Gasteiger partial charge < -0.3 is 0 Å². The summed E-state index contributed by atoms with van der Waals surface area (Å²) in [4.78, 5) is 1.58. The average Bonchev–Trinajstić information content (AvgIpc) is 2.99. The molecule has 0 aliphatic carbocycles. The first-order chi connectivity index (χ1) is 8.34. The van der Waals surface area contributed by atoms with Crippen LogP contribution in [0.5, 0.6) is 0 Å². The molecule has 84 valence electrons. The van der Waals surface area contributed by atoms with Crippen LogP contribution < -0.4 is 0 Å². The summed E-state index contributed by atoms with van der Waals surface area (Å²) in [6.45, 7) is 0. The Bertz CT molecular complexity index is 665. The van der Waals surface area contributed by atoms with Crippen molar-refractivity contribution in [3.63, 3.8) is 0 Å². The number of aromatic amines is 2. The third-order valence-electron chi connectivity index (χ3n) is 2.38. The summed E-state index contributed by atoms with van der Waals surface area (Å²) in [6.07, 6.45) is 1.66. The summed E-state index contributed by atoms with van der Waals surface area (Å²) in [5.74, 6) is 0.748. The van der Waals surface area contributed by atoms with E-state index < -0.39 is 0 Å². The van der Waals surface area contributed by atoms with Gasteiger partial charge in [0.2, 0.25) is 0 Å². The van der Waals surface area contributed by atoms with Crippen molar-refractivity contribution in [3.8, 4) is 17.1 Å². The van der Waals surface area contributed by atoms with Crippen LogP contribution in [0.15, 0.2) is 42.6 Å². The fraction of sp³-hybridized carbons (Fsp3) is 0. The summed E-state index contributed by atoms with van der Waals surface area (Å²) >= 11 is 5.26. The van der Waals surface area contributed by atoms with E-state index in [9.17, 15) is 0 Å². The van der Waals surface area contributed by atoms with Gasteiger partial charge in [-0.05, 0) is 0 Å². The summed E-state index contributed by atoms with van der Waals surface area (Å²) in [6, 6.07) is 11.6. The Morgan fingerprint density at radius 2 is 1.94 bits per heavy atom. The summed E-state index contributed by atoms with van der Waals surface area (Å²) in [7, 11) is 0. The standard InChI is InChI=1S/C11H9N5S/c17-11-10(8-4-2-1-3-5-8)14-16(15-11)9-6-7-12-13-9/h1-7H,(H,12,13)(H,15,17). The minimum Gasteiger partial charge on any atom is -0.264 e. The van der Waals surface area contributed by atoms with Crippen molar-refractivity contribution in [3.05, 3.63) is 47.2 Å². The van der Waals surface area contributed by atoms with Gasteiger partial charge in [-0.3, -0.25) is 10.2 Å². The molecule has 0 aliphatic rings. The maximum absolute atomic E-state index is 5.26. The van der Waals surface area contributed by atoms with Gasteiger partial charge in [0.1, 0.15) is 10.3 Å². The van der Waals surface area contributed by atoms with E-state index >= 15 is 0 Å². The van der Waals surface area contributed by atoms with Crippen molar-refractivity contribution in [1.29, 1.82) is 0 Å². The lowest BCUT2D eigenvalue weighted by molar-refractivity contribution is 0.724. The minimum atomic E-state index is 0.603. The highest BCUT2D eigenvalue weighted by Gasteiger charge is 2.07. The molecule has 0 bridgehead atoms. The molecule has 0 fully saturated rings. The second-order valence-corrected chi connectivity index (χ2v) is 3.92. The number of nitrogens with one attached hydrogen (secondary N) is 2. The Balaban J connectivity index is 2.12. The molecule has 0 aliphatic heterocycles. The largest absolute Gasteiger partial charge is 0.264 e. The molecule has 3 aromatic rings. The Hall–Kier alpha value is -2.21. The highest BCUT2D eigenvalue weighted by Crippen LogP contribution is 2.17. The van der Waals surface area contributed by atoms with E-state index in [0.717, 1.165) is 17.1 Å². The van der Waals surface area contributed by atoms with E-state index in [4.69, 9.17) is 12.2 Å². The second kappa shape index (κ2) is 3.99. The molecule has 1 aromatic carbocycles. The number of hydrogen-bond donors (Lipinski definition) is 2. The van der Waals surface area contributed by atoms with Crippen molar-refractivity contribution >= 4 is 12.2 Å². The van der Waals surface area contributed by atoms with Crippen LogP contribution in [0.1, 0.15) is 0 Å². The van der Waals surface area contributed by atoms with Gasteiger partial charge in [0.15, 0.2) is 5.82 Å². The highest BCUT2D eigenvalue weighted by atomic mass is 32.1. The lowest BCUT2D eigenvalue weighted by atomic mass is 10.2. The number of hydrogen-bond acceptors (Lipinski definition) is 3. The smallest absolute Gasteiger partial charge is 0.168 e. The first-order valence-electron chi connectivity index (χ1n) is 5.09. The molecule has 17 heavy (non-hydrogen) atoms. The number of aromatic nitrogens is 5. The predicted octanol–water partition coefficient (Wildman–Crippen LogP) is 2.32. The number of benzene rings is 1. The molecule has 0 unspecified atom stereocenters. The van der Waals surface area contributed by atoms with Crippen LogP contribution in [0.25, 0.3) is 17.1 Å². The first kappa shape index (κ1) is 9.98. The Kier molecular flexibility index (Phi) is 2.34. The fourth-order valence-corrected chi connectivity index (χ4v) is 1.83. The van der Waals surface area contributed by atoms with Gasteiger partial charge >= 0.3 is 0 Å². The molecular weight excluding hydrogens is 234 g/mol. The fourth-order valence-electron chi connectivity index (χ4n) is 1.58. The summed E-state index contributed by atoms with van der Waals surface area (Å²) in [5.41, 5.74) is 1.75. The molecule has 0 saturated carbocycles. The van der Waals surface area contributed by atoms with Gasteiger partial charge in [0, 0.05) is 11.6 Å². The zero-order chi connectivity index (χ0) is 11.7. The lowest BCUT2D eigenvalue weighted by Gasteiger charge is -1.94. The zero-order valence-electron chi connectivity index (χ0n) is 8.79. The molecule has 6 heteroatoms. The Morgan fingerprint density at radius 1 is 1.12 bits per heavy atom. The van der Waals surface area contributed by atoms with E-state index in [1.165, 1.54) is 0 Å². The third-order valence-corrected chi connectivity index (χ3v) is 2.67. The molecule has 2 heterocycles. The average molecular weight is 243 g/mol. The van der Waals surface area contributed by atoms with Gasteiger partial charge in [-0.2, -0.15) is 9.90 Å². The molecule has 5 nitrogen and oxygen atoms in total. The monoisotopic (exact) mass is 243 g/mol. The van der Waals surface area contributed by atoms with Crippen molar-refractivity contribution in [2.75, 3.05) is 0 Å². The molecule has 3 rings (SSSR count). The first-order valence-corrected chi connectivity index (χ1v) is 5.50. The lowest BCUT2D eigenvalue weighted by Crippen LogP contribution is -1.98. The zero-order valence-corrected chi connectivity index (χ0v) is 9.61. The van der Waals surface area contributed by atoms with Crippen LogP contribution in [0.3, 0.4) is 0 Å². The van der Waals surface area contributed by atoms with Crippen LogP contribution >= 0.6 is 12.2 Å². The highest BCUT2D eigenvalue weighted by molar-refractivity contribution is 7.71. The molecule has 2 N–H and O–H groups in total. The van der Waals surface area contributed by atoms with Crippen molar-refractivity contribution in [2.45, 2.75) is 0 Å². The third kappa shape index (κ3) is 1.78. The molecule has 0 spiro atoms. The molecular formula is C11H9N5S. The predicted molar refractivity (Wildman–Crippen MR) is 66.3 cm³/mol. The molecule has 2 aromatic heterocycles. The summed E-state index contributed by atoms with van der Waals surface area (Å²) < 4.78 is 0.603. The topological polar surface area (TPSA) is 62.3 Å². The van der Waals surface area contributed by atoms with Crippen LogP contribution in [0.2, 0.25) is 0 Å². The normalized spacial score (nSPS) is 10.6. The van der Waals surface area contributed by atoms with Crippen molar-refractivity contribution in [1.82, 2.24) is 25.2 Å². The van der Waals surface area contributed by atoms with Crippen LogP contribution in [0, 0.1) is 4.64 Å².